The van der Waals surface area contributed by atoms with E-state index in [1.165, 1.54) is 24.3 Å². The summed E-state index contributed by atoms with van der Waals surface area (Å²) in [7, 11) is 0. The van der Waals surface area contributed by atoms with Gasteiger partial charge < -0.3 is 101 Å². The molecule has 2 saturated carbocycles. The Balaban J connectivity index is 1.25. The molecule has 5 aliphatic rings. The van der Waals surface area contributed by atoms with Gasteiger partial charge in [-0.1, -0.05) is 0 Å². The van der Waals surface area contributed by atoms with E-state index in [9.17, 15) is 76.0 Å². The number of carbonyl (C=O) groups is 2. The average Bonchev–Trinajstić information content (AvgIpc) is 3.37. The first-order chi connectivity index (χ1) is 25.8. The van der Waals surface area contributed by atoms with Crippen LogP contribution < -0.4 is 10.5 Å². The number of carboxylic acid groups (broad SMARTS) is 1. The molecule has 3 heterocycles. The molecule has 1 aromatic carbocycles. The van der Waals surface area contributed by atoms with Crippen molar-refractivity contribution < 1.29 is 104 Å². The molecule has 0 radical (unpaired) electrons. The van der Waals surface area contributed by atoms with E-state index in [1.54, 1.807) is 0 Å². The number of carboxylic acids is 1. The molecule has 3 saturated heterocycles. The normalized spacial score (nSPS) is 46.4. The highest BCUT2D eigenvalue weighted by atomic mass is 16.8. The van der Waals surface area contributed by atoms with Gasteiger partial charge >= 0.3 is 11.8 Å². The summed E-state index contributed by atoms with van der Waals surface area (Å²) >= 11 is 0. The molecule has 0 amide bonds. The summed E-state index contributed by atoms with van der Waals surface area (Å²) in [4.78, 5) is 24.6. The number of hydrogen-bond donors (Lipinski definition) is 14. The van der Waals surface area contributed by atoms with Crippen molar-refractivity contribution in [3.63, 3.8) is 0 Å². The lowest BCUT2D eigenvalue weighted by Gasteiger charge is -2.55. The Kier molecular flexibility index (Phi) is 11.5. The lowest BCUT2D eigenvalue weighted by atomic mass is 9.83. The molecule has 5 fully saturated rings. The van der Waals surface area contributed by atoms with Gasteiger partial charge in [-0.2, -0.15) is 0 Å². The van der Waals surface area contributed by atoms with Gasteiger partial charge in [-0.05, 0) is 31.2 Å². The molecule has 3 aliphatic heterocycles. The summed E-state index contributed by atoms with van der Waals surface area (Å²) < 4.78 is 34.3. The van der Waals surface area contributed by atoms with Gasteiger partial charge in [0, 0.05) is 5.56 Å². The van der Waals surface area contributed by atoms with Crippen LogP contribution in [0.15, 0.2) is 24.3 Å². The van der Waals surface area contributed by atoms with Crippen molar-refractivity contribution in [3.05, 3.63) is 29.8 Å². The van der Waals surface area contributed by atoms with Gasteiger partial charge in [0.05, 0.1) is 98.7 Å². The van der Waals surface area contributed by atoms with Crippen molar-refractivity contribution >= 4 is 11.8 Å². The minimum atomic E-state index is -2.71. The second-order valence-corrected chi connectivity index (χ2v) is 14.8. The Morgan fingerprint density at radius 1 is 0.836 bits per heavy atom. The van der Waals surface area contributed by atoms with Gasteiger partial charge in [-0.25, -0.2) is 4.79 Å². The third kappa shape index (κ3) is 6.56. The van der Waals surface area contributed by atoms with Gasteiger partial charge in [0.1, 0.15) is 24.1 Å². The Bertz CT molecular complexity index is 1570. The molecule has 0 spiro atoms. The third-order valence-electron chi connectivity index (χ3n) is 11.5. The van der Waals surface area contributed by atoms with Crippen LogP contribution in [0.1, 0.15) is 23.7 Å². The van der Waals surface area contributed by atoms with Crippen LogP contribution in [0.2, 0.25) is 0 Å². The maximum absolute atomic E-state index is 12.6. The molecule has 19 unspecified atom stereocenters. The van der Waals surface area contributed by atoms with Crippen LogP contribution in [0.5, 0.6) is 5.75 Å². The fourth-order valence-corrected chi connectivity index (χ4v) is 8.76. The van der Waals surface area contributed by atoms with Crippen molar-refractivity contribution in [2.75, 3.05) is 26.4 Å². The number of aliphatic hydroxyl groups is 12. The first kappa shape index (κ1) is 42.1. The zero-order valence-corrected chi connectivity index (χ0v) is 29.2. The highest BCUT2D eigenvalue weighted by molar-refractivity contribution is 5.97. The van der Waals surface area contributed by atoms with E-state index in [2.05, 4.69) is 0 Å². The summed E-state index contributed by atoms with van der Waals surface area (Å²) in [5.74, 6) is -16.5. The van der Waals surface area contributed by atoms with Crippen LogP contribution in [-0.4, -0.2) is 195 Å². The second-order valence-electron chi connectivity index (χ2n) is 14.8. The SMILES string of the molecule is CC1(O)C(O)C2C(OC3C(O)C(C(O)CO)C4(O)OC(OC5C(O)CC(Oc6ccc(C(=O)CN)cc6)(C(=O)O)OC5C(O)CO)C34)OC2(O)C1C(O)CO. The van der Waals surface area contributed by atoms with Crippen molar-refractivity contribution in [1.29, 1.82) is 0 Å². The summed E-state index contributed by atoms with van der Waals surface area (Å²) in [5, 5.41) is 139. The molecule has 6 rings (SSSR count). The van der Waals surface area contributed by atoms with Gasteiger partial charge in [0.25, 0.3) is 0 Å². The number of ether oxygens (including phenoxy) is 6. The molecule has 19 atom stereocenters. The van der Waals surface area contributed by atoms with E-state index in [1.807, 2.05) is 0 Å². The molecule has 1 aromatic rings. The number of ketones is 1. The number of carbonyl (C=O) groups excluding carboxylic acids is 1. The fraction of sp³-hybridized carbons (Fsp3) is 0.758. The van der Waals surface area contributed by atoms with Crippen molar-refractivity contribution in [2.24, 2.45) is 29.4 Å². The number of aliphatic carboxylic acids is 1. The minimum absolute atomic E-state index is 0.142. The number of hydrogen-bond acceptors (Lipinski definition) is 21. The molecular weight excluding hydrogens is 746 g/mol. The monoisotopic (exact) mass is 793 g/mol. The fourth-order valence-electron chi connectivity index (χ4n) is 8.76. The summed E-state index contributed by atoms with van der Waals surface area (Å²) in [6.07, 6.45) is -20.9. The van der Waals surface area contributed by atoms with E-state index < -0.39 is 152 Å². The van der Waals surface area contributed by atoms with E-state index >= 15 is 0 Å². The second kappa shape index (κ2) is 15.0. The third-order valence-corrected chi connectivity index (χ3v) is 11.5. The Labute approximate surface area is 311 Å². The maximum atomic E-state index is 12.6. The van der Waals surface area contributed by atoms with Crippen LogP contribution in [0, 0.1) is 23.7 Å². The van der Waals surface area contributed by atoms with Gasteiger partial charge in [0.2, 0.25) is 0 Å². The van der Waals surface area contributed by atoms with E-state index in [4.69, 9.17) is 34.2 Å². The van der Waals surface area contributed by atoms with Crippen LogP contribution in [0.4, 0.5) is 0 Å². The molecular formula is C33H47NO21. The largest absolute Gasteiger partial charge is 0.476 e. The topological polar surface area (TPSA) is 379 Å². The average molecular weight is 794 g/mol. The highest BCUT2D eigenvalue weighted by Crippen LogP contribution is 2.61. The van der Waals surface area contributed by atoms with E-state index in [0.717, 1.165) is 6.92 Å². The Morgan fingerprint density at radius 2 is 1.40 bits per heavy atom. The molecule has 2 aliphatic carbocycles. The van der Waals surface area contributed by atoms with Gasteiger partial charge in [0.15, 0.2) is 29.9 Å². The number of benzene rings is 1. The zero-order chi connectivity index (χ0) is 40.6. The quantitative estimate of drug-likeness (QED) is 0.0734. The minimum Gasteiger partial charge on any atom is -0.476 e. The molecule has 15 N–H and O–H groups in total. The molecule has 22 nitrogen and oxygen atoms in total. The smallest absolute Gasteiger partial charge is 0.377 e. The number of aliphatic hydroxyl groups excluding tert-OH is 9. The predicted octanol–water partition coefficient (Wildman–Crippen LogP) is -6.98. The van der Waals surface area contributed by atoms with Crippen molar-refractivity contribution in [3.8, 4) is 5.75 Å². The van der Waals surface area contributed by atoms with Crippen LogP contribution in [0.3, 0.4) is 0 Å². The van der Waals surface area contributed by atoms with Crippen LogP contribution in [0.25, 0.3) is 0 Å². The summed E-state index contributed by atoms with van der Waals surface area (Å²) in [6, 6.07) is 5.08. The van der Waals surface area contributed by atoms with E-state index in [-0.39, 0.29) is 17.9 Å². The number of rotatable bonds is 15. The zero-order valence-electron chi connectivity index (χ0n) is 29.2. The molecule has 310 valence electrons. The maximum Gasteiger partial charge on any atom is 0.377 e. The van der Waals surface area contributed by atoms with Gasteiger partial charge in [-0.3, -0.25) is 4.79 Å². The van der Waals surface area contributed by atoms with Crippen molar-refractivity contribution in [1.82, 2.24) is 0 Å². The molecule has 55 heavy (non-hydrogen) atoms. The molecule has 22 heteroatoms. The van der Waals surface area contributed by atoms with Crippen molar-refractivity contribution in [2.45, 2.75) is 104 Å². The summed E-state index contributed by atoms with van der Waals surface area (Å²) in [5.41, 5.74) is 3.33. The lowest BCUT2D eigenvalue weighted by Crippen LogP contribution is -2.70. The van der Waals surface area contributed by atoms with Gasteiger partial charge in [-0.15, -0.1) is 0 Å². The Morgan fingerprint density at radius 3 is 1.96 bits per heavy atom. The first-order valence-corrected chi connectivity index (χ1v) is 17.4. The number of nitrogens with two attached hydrogens (primary N) is 1. The highest BCUT2D eigenvalue weighted by Gasteiger charge is 2.79. The van der Waals surface area contributed by atoms with Crippen LogP contribution in [-0.2, 0) is 28.5 Å². The Hall–Kier alpha value is -2.56. The lowest BCUT2D eigenvalue weighted by molar-refractivity contribution is -0.478. The number of Topliss-reactive ketones (excluding diaryl/α,β-unsaturated/α-hetero) is 1. The standard InChI is InChI=1S/C33H47NO21/c1-30(47)25(17(42)10-37)33(49)20(26(30)44)28(55-33)51-24-19-27(54-32(19,48)18(21(24)43)15(40)8-35)50-22-13(38)6-31(29(45)46,53-23(22)16(41)9-36)52-12-4-2-11(3-5-12)14(39)7-34/h2-5,13,15-28,35-38,40-44,47-49H,6-10,34H2,1H3,(H,45,46). The van der Waals surface area contributed by atoms with Crippen LogP contribution >= 0.6 is 0 Å². The summed E-state index contributed by atoms with van der Waals surface area (Å²) in [6.45, 7) is -2.20. The molecule has 0 bridgehead atoms. The van der Waals surface area contributed by atoms with E-state index in [0.29, 0.717) is 0 Å². The molecule has 0 aromatic heterocycles. The predicted molar refractivity (Wildman–Crippen MR) is 172 cm³/mol. The first-order valence-electron chi connectivity index (χ1n) is 17.4. The number of fused-ring (bicyclic) bond motifs is 2.